The zero-order valence-electron chi connectivity index (χ0n) is 9.80. The van der Waals surface area contributed by atoms with Gasteiger partial charge in [-0.15, -0.1) is 0 Å². The van der Waals surface area contributed by atoms with Gasteiger partial charge in [-0.05, 0) is 35.9 Å². The third kappa shape index (κ3) is 2.90. The van der Waals surface area contributed by atoms with Crippen LogP contribution in [0.3, 0.4) is 0 Å². The molecule has 1 unspecified atom stereocenters. The molecule has 3 nitrogen and oxygen atoms in total. The molecule has 0 saturated carbocycles. The second kappa shape index (κ2) is 5.57. The van der Waals surface area contributed by atoms with Crippen molar-refractivity contribution in [1.82, 2.24) is 10.3 Å². The summed E-state index contributed by atoms with van der Waals surface area (Å²) in [5, 5.41) is 13.3. The number of hydrogen-bond acceptors (Lipinski definition) is 3. The smallest absolute Gasteiger partial charge is 0.104 e. The van der Waals surface area contributed by atoms with Crippen molar-refractivity contribution < 1.29 is 5.11 Å². The fourth-order valence-corrected chi connectivity index (χ4v) is 1.82. The van der Waals surface area contributed by atoms with E-state index in [0.717, 1.165) is 23.2 Å². The first-order chi connectivity index (χ1) is 8.31. The van der Waals surface area contributed by atoms with Crippen molar-refractivity contribution >= 4 is 0 Å². The Labute approximate surface area is 101 Å². The zero-order valence-corrected chi connectivity index (χ0v) is 9.80. The number of benzene rings is 1. The average Bonchev–Trinajstić information content (AvgIpc) is 2.40. The Hall–Kier alpha value is -1.71. The standard InChI is InChI=1S/C14H16N2O/c1-15-10-11-3-2-4-13(9-11)14(17)12-5-7-16-8-6-12/h2-9,14-15,17H,10H2,1H3. The monoisotopic (exact) mass is 228 g/mol. The van der Waals surface area contributed by atoms with Crippen LogP contribution in [0, 0.1) is 0 Å². The summed E-state index contributed by atoms with van der Waals surface area (Å²) >= 11 is 0. The van der Waals surface area contributed by atoms with E-state index in [2.05, 4.69) is 10.3 Å². The Kier molecular flexibility index (Phi) is 3.85. The quantitative estimate of drug-likeness (QED) is 0.840. The molecule has 88 valence electrons. The molecule has 3 heteroatoms. The summed E-state index contributed by atoms with van der Waals surface area (Å²) in [6, 6.07) is 11.6. The van der Waals surface area contributed by atoms with Crippen LogP contribution in [0.2, 0.25) is 0 Å². The van der Waals surface area contributed by atoms with Crippen molar-refractivity contribution in [2.45, 2.75) is 12.6 Å². The summed E-state index contributed by atoms with van der Waals surface area (Å²) in [6.45, 7) is 0.802. The van der Waals surface area contributed by atoms with Crippen LogP contribution in [0.25, 0.3) is 0 Å². The third-order valence-corrected chi connectivity index (χ3v) is 2.67. The third-order valence-electron chi connectivity index (χ3n) is 2.67. The van der Waals surface area contributed by atoms with Gasteiger partial charge in [0.05, 0.1) is 0 Å². The van der Waals surface area contributed by atoms with Gasteiger partial charge in [0.1, 0.15) is 6.10 Å². The first-order valence-electron chi connectivity index (χ1n) is 5.62. The van der Waals surface area contributed by atoms with Crippen molar-refractivity contribution in [2.24, 2.45) is 0 Å². The van der Waals surface area contributed by atoms with E-state index in [9.17, 15) is 5.11 Å². The molecule has 2 aromatic rings. The van der Waals surface area contributed by atoms with E-state index in [1.165, 1.54) is 0 Å². The maximum Gasteiger partial charge on any atom is 0.104 e. The van der Waals surface area contributed by atoms with E-state index < -0.39 is 6.10 Å². The van der Waals surface area contributed by atoms with Gasteiger partial charge >= 0.3 is 0 Å². The van der Waals surface area contributed by atoms with E-state index in [-0.39, 0.29) is 0 Å². The number of rotatable bonds is 4. The molecular weight excluding hydrogens is 212 g/mol. The summed E-state index contributed by atoms with van der Waals surface area (Å²) in [5.41, 5.74) is 2.93. The molecule has 2 N–H and O–H groups in total. The largest absolute Gasteiger partial charge is 0.384 e. The Bertz CT molecular complexity index is 471. The summed E-state index contributed by atoms with van der Waals surface area (Å²) < 4.78 is 0. The molecule has 0 spiro atoms. The van der Waals surface area contributed by atoms with Gasteiger partial charge in [-0.1, -0.05) is 24.3 Å². The van der Waals surface area contributed by atoms with E-state index in [1.54, 1.807) is 12.4 Å². The molecule has 1 aromatic heterocycles. The zero-order chi connectivity index (χ0) is 12.1. The lowest BCUT2D eigenvalue weighted by Crippen LogP contribution is -2.06. The van der Waals surface area contributed by atoms with Crippen LogP contribution in [0.5, 0.6) is 0 Å². The van der Waals surface area contributed by atoms with Gasteiger partial charge in [-0.25, -0.2) is 0 Å². The van der Waals surface area contributed by atoms with Gasteiger partial charge in [0.2, 0.25) is 0 Å². The SMILES string of the molecule is CNCc1cccc(C(O)c2ccncc2)c1. The number of nitrogens with zero attached hydrogens (tertiary/aromatic N) is 1. The highest BCUT2D eigenvalue weighted by Crippen LogP contribution is 2.21. The minimum absolute atomic E-state index is 0.588. The normalized spacial score (nSPS) is 12.4. The number of aromatic nitrogens is 1. The highest BCUT2D eigenvalue weighted by molar-refractivity contribution is 5.31. The van der Waals surface area contributed by atoms with Gasteiger partial charge in [0.15, 0.2) is 0 Å². The molecule has 1 atom stereocenters. The van der Waals surface area contributed by atoms with Crippen LogP contribution in [0.1, 0.15) is 22.8 Å². The van der Waals surface area contributed by atoms with Crippen molar-refractivity contribution in [1.29, 1.82) is 0 Å². The van der Waals surface area contributed by atoms with Crippen LogP contribution in [0.4, 0.5) is 0 Å². The lowest BCUT2D eigenvalue weighted by Gasteiger charge is -2.12. The van der Waals surface area contributed by atoms with Crippen molar-refractivity contribution in [3.63, 3.8) is 0 Å². The molecule has 2 rings (SSSR count). The van der Waals surface area contributed by atoms with E-state index in [0.29, 0.717) is 0 Å². The van der Waals surface area contributed by atoms with Gasteiger partial charge in [0.25, 0.3) is 0 Å². The average molecular weight is 228 g/mol. The molecule has 0 aliphatic carbocycles. The maximum atomic E-state index is 10.2. The lowest BCUT2D eigenvalue weighted by atomic mass is 10.0. The number of nitrogens with one attached hydrogen (secondary N) is 1. The lowest BCUT2D eigenvalue weighted by molar-refractivity contribution is 0.220. The first kappa shape index (κ1) is 11.8. The predicted molar refractivity (Wildman–Crippen MR) is 67.5 cm³/mol. The van der Waals surface area contributed by atoms with Crippen molar-refractivity contribution in [3.8, 4) is 0 Å². The second-order valence-electron chi connectivity index (χ2n) is 3.96. The Morgan fingerprint density at radius 3 is 2.65 bits per heavy atom. The number of hydrogen-bond donors (Lipinski definition) is 2. The topological polar surface area (TPSA) is 45.1 Å². The minimum atomic E-state index is -0.588. The maximum absolute atomic E-state index is 10.2. The summed E-state index contributed by atoms with van der Waals surface area (Å²) in [6.07, 6.45) is 2.79. The van der Waals surface area contributed by atoms with Crippen LogP contribution >= 0.6 is 0 Å². The molecule has 0 bridgehead atoms. The van der Waals surface area contributed by atoms with E-state index in [1.807, 2.05) is 43.4 Å². The van der Waals surface area contributed by atoms with Crippen LogP contribution in [-0.2, 0) is 6.54 Å². The molecule has 0 aliphatic heterocycles. The Balaban J connectivity index is 2.25. The van der Waals surface area contributed by atoms with Crippen molar-refractivity contribution in [3.05, 3.63) is 65.5 Å². The number of aliphatic hydroxyl groups excluding tert-OH is 1. The van der Waals surface area contributed by atoms with Crippen LogP contribution < -0.4 is 5.32 Å². The molecule has 0 amide bonds. The molecule has 0 fully saturated rings. The van der Waals surface area contributed by atoms with E-state index in [4.69, 9.17) is 0 Å². The Morgan fingerprint density at radius 1 is 1.18 bits per heavy atom. The van der Waals surface area contributed by atoms with Gasteiger partial charge in [0, 0.05) is 18.9 Å². The van der Waals surface area contributed by atoms with Gasteiger partial charge in [-0.3, -0.25) is 4.98 Å². The summed E-state index contributed by atoms with van der Waals surface area (Å²) in [7, 11) is 1.91. The fourth-order valence-electron chi connectivity index (χ4n) is 1.82. The highest BCUT2D eigenvalue weighted by atomic mass is 16.3. The van der Waals surface area contributed by atoms with Crippen molar-refractivity contribution in [2.75, 3.05) is 7.05 Å². The number of pyridine rings is 1. The van der Waals surface area contributed by atoms with E-state index >= 15 is 0 Å². The molecule has 1 heterocycles. The number of aliphatic hydroxyl groups is 1. The second-order valence-corrected chi connectivity index (χ2v) is 3.96. The molecule has 1 aromatic carbocycles. The van der Waals surface area contributed by atoms with Gasteiger partial charge in [-0.2, -0.15) is 0 Å². The minimum Gasteiger partial charge on any atom is -0.384 e. The molecule has 0 radical (unpaired) electrons. The Morgan fingerprint density at radius 2 is 1.94 bits per heavy atom. The fraction of sp³-hybridized carbons (Fsp3) is 0.214. The first-order valence-corrected chi connectivity index (χ1v) is 5.62. The molecule has 0 saturated heterocycles. The summed E-state index contributed by atoms with van der Waals surface area (Å²) in [5.74, 6) is 0. The van der Waals surface area contributed by atoms with Crippen LogP contribution in [-0.4, -0.2) is 17.1 Å². The highest BCUT2D eigenvalue weighted by Gasteiger charge is 2.09. The molecule has 17 heavy (non-hydrogen) atoms. The summed E-state index contributed by atoms with van der Waals surface area (Å²) in [4.78, 5) is 3.95. The van der Waals surface area contributed by atoms with Crippen LogP contribution in [0.15, 0.2) is 48.8 Å². The van der Waals surface area contributed by atoms with Gasteiger partial charge < -0.3 is 10.4 Å². The molecular formula is C14H16N2O. The predicted octanol–water partition coefficient (Wildman–Crippen LogP) is 1.88. The molecule has 0 aliphatic rings.